The average Bonchev–Trinajstić information content (AvgIpc) is 3.09. The highest BCUT2D eigenvalue weighted by Gasteiger charge is 2.49. The summed E-state index contributed by atoms with van der Waals surface area (Å²) >= 11 is 1.63. The van der Waals surface area contributed by atoms with E-state index < -0.39 is 44.5 Å². The zero-order valence-electron chi connectivity index (χ0n) is 18.8. The van der Waals surface area contributed by atoms with E-state index in [4.69, 9.17) is 22.8 Å². The molecule has 1 saturated heterocycles. The highest BCUT2D eigenvalue weighted by atomic mass is 32.2. The van der Waals surface area contributed by atoms with E-state index in [0.29, 0.717) is 24.6 Å². The van der Waals surface area contributed by atoms with Gasteiger partial charge in [-0.25, -0.2) is 0 Å². The molecule has 1 saturated carbocycles. The summed E-state index contributed by atoms with van der Waals surface area (Å²) in [4.78, 5) is 47.2. The van der Waals surface area contributed by atoms with E-state index in [9.17, 15) is 19.2 Å². The van der Waals surface area contributed by atoms with Crippen LogP contribution < -0.4 is 0 Å². The number of cyclic esters (lactones) is 2. The molecule has 182 valence electrons. The van der Waals surface area contributed by atoms with E-state index >= 15 is 0 Å². The van der Waals surface area contributed by atoms with E-state index in [2.05, 4.69) is 4.74 Å². The number of hydrogen-bond acceptors (Lipinski definition) is 11. The lowest BCUT2D eigenvalue weighted by Gasteiger charge is -2.26. The van der Waals surface area contributed by atoms with Gasteiger partial charge in [0.05, 0.1) is 24.2 Å². The molecular weight excluding hydrogens is 460 g/mol. The summed E-state index contributed by atoms with van der Waals surface area (Å²) in [5.41, 5.74) is 0. The molecule has 3 unspecified atom stereocenters. The third kappa shape index (κ3) is 7.54. The van der Waals surface area contributed by atoms with Crippen LogP contribution in [0, 0.1) is 17.8 Å². The number of rotatable bonds is 14. The van der Waals surface area contributed by atoms with E-state index in [1.165, 1.54) is 0 Å². The Bertz CT molecular complexity index is 661. The molecule has 10 nitrogen and oxygen atoms in total. The van der Waals surface area contributed by atoms with Crippen LogP contribution in [0.3, 0.4) is 0 Å². The van der Waals surface area contributed by atoms with Crippen LogP contribution in [0.2, 0.25) is 6.04 Å². The first-order valence-electron chi connectivity index (χ1n) is 10.7. The molecule has 0 bridgehead atoms. The highest BCUT2D eigenvalue weighted by molar-refractivity contribution is 7.99. The molecule has 0 aromatic heterocycles. The zero-order chi connectivity index (χ0) is 23.6. The summed E-state index contributed by atoms with van der Waals surface area (Å²) in [5, 5.41) is 0. The van der Waals surface area contributed by atoms with Crippen molar-refractivity contribution in [1.82, 2.24) is 0 Å². The van der Waals surface area contributed by atoms with Crippen molar-refractivity contribution in [2.45, 2.75) is 38.1 Å². The minimum atomic E-state index is -2.54. The summed E-state index contributed by atoms with van der Waals surface area (Å²) < 4.78 is 31.0. The molecule has 2 aliphatic rings. The smallest absolute Gasteiger partial charge is 0.462 e. The molecule has 0 N–H and O–H groups in total. The maximum absolute atomic E-state index is 12.2. The molecule has 0 spiro atoms. The van der Waals surface area contributed by atoms with Crippen molar-refractivity contribution in [1.29, 1.82) is 0 Å². The lowest BCUT2D eigenvalue weighted by Crippen LogP contribution is -2.42. The Morgan fingerprint density at radius 3 is 2.31 bits per heavy atom. The minimum Gasteiger partial charge on any atom is -0.462 e. The first kappa shape index (κ1) is 26.8. The average molecular weight is 493 g/mol. The number of esters is 4. The Labute approximate surface area is 193 Å². The van der Waals surface area contributed by atoms with Gasteiger partial charge in [-0.3, -0.25) is 19.2 Å². The summed E-state index contributed by atoms with van der Waals surface area (Å²) in [6.45, 7) is -0.0539. The van der Waals surface area contributed by atoms with Gasteiger partial charge in [0.1, 0.15) is 13.2 Å². The normalized spacial score (nSPS) is 22.9. The van der Waals surface area contributed by atoms with Gasteiger partial charge in [-0.05, 0) is 31.4 Å². The van der Waals surface area contributed by atoms with Gasteiger partial charge >= 0.3 is 32.7 Å². The fourth-order valence-electron chi connectivity index (χ4n) is 3.87. The minimum absolute atomic E-state index is 0.0157. The van der Waals surface area contributed by atoms with E-state index in [1.807, 2.05) is 0 Å². The number of ether oxygens (including phenoxy) is 3. The zero-order valence-corrected chi connectivity index (χ0v) is 20.6. The lowest BCUT2D eigenvalue weighted by molar-refractivity contribution is -0.156. The molecule has 0 aromatic carbocycles. The predicted octanol–water partition coefficient (Wildman–Crippen LogP) is 1.58. The molecule has 1 heterocycles. The van der Waals surface area contributed by atoms with Crippen LogP contribution in [0.25, 0.3) is 0 Å². The molecular formula is C20H32O10SSi. The topological polar surface area (TPSA) is 124 Å². The van der Waals surface area contributed by atoms with Gasteiger partial charge in [-0.1, -0.05) is 0 Å². The lowest BCUT2D eigenvalue weighted by atomic mass is 9.75. The van der Waals surface area contributed by atoms with E-state index in [0.717, 1.165) is 12.2 Å². The summed E-state index contributed by atoms with van der Waals surface area (Å²) in [7, 11) is 2.20. The molecule has 3 atom stereocenters. The number of carbonyl (C=O) groups excluding carboxylic acids is 4. The van der Waals surface area contributed by atoms with Crippen LogP contribution in [-0.2, 0) is 46.7 Å². The van der Waals surface area contributed by atoms with E-state index in [-0.39, 0.29) is 32.0 Å². The van der Waals surface area contributed by atoms with Crippen molar-refractivity contribution in [2.24, 2.45) is 17.8 Å². The van der Waals surface area contributed by atoms with E-state index in [1.54, 1.807) is 33.1 Å². The first-order chi connectivity index (χ1) is 15.4. The third-order valence-corrected chi connectivity index (χ3v) is 9.64. The van der Waals surface area contributed by atoms with Crippen molar-refractivity contribution in [3.8, 4) is 0 Å². The summed E-state index contributed by atoms with van der Waals surface area (Å²) in [5.74, 6) is -1.80. The molecule has 2 rings (SSSR count). The van der Waals surface area contributed by atoms with Crippen LogP contribution in [0.1, 0.15) is 32.1 Å². The fraction of sp³-hybridized carbons (Fsp3) is 0.800. The molecule has 0 amide bonds. The van der Waals surface area contributed by atoms with Crippen LogP contribution in [-0.4, -0.2) is 78.7 Å². The number of thioether (sulfide) groups is 1. The van der Waals surface area contributed by atoms with Gasteiger partial charge in [0.15, 0.2) is 0 Å². The molecule has 0 aromatic rings. The maximum atomic E-state index is 12.2. The van der Waals surface area contributed by atoms with Gasteiger partial charge in [-0.2, -0.15) is 11.8 Å². The highest BCUT2D eigenvalue weighted by Crippen LogP contribution is 2.39. The standard InChI is InChI=1S/C20H32O10SSi/c1-25-32(26-2,27-3)12-4-10-31-11-7-17(21)28-8-9-29-18(22)14-5-6-15-16(13-14)20(24)30-19(15)23/h14-16H,4-13H2,1-3H3. The Morgan fingerprint density at radius 1 is 0.969 bits per heavy atom. The third-order valence-electron chi connectivity index (χ3n) is 5.74. The molecule has 0 radical (unpaired) electrons. The van der Waals surface area contributed by atoms with Crippen LogP contribution in [0.5, 0.6) is 0 Å². The number of hydrogen-bond donors (Lipinski definition) is 0. The van der Waals surface area contributed by atoms with Crippen LogP contribution >= 0.6 is 11.8 Å². The van der Waals surface area contributed by atoms with Gasteiger partial charge in [0.25, 0.3) is 0 Å². The largest absolute Gasteiger partial charge is 0.500 e. The van der Waals surface area contributed by atoms with Crippen LogP contribution in [0.4, 0.5) is 0 Å². The SMILES string of the molecule is CO[Si](CCCSCCC(=O)OCCOC(=O)C1CCC2C(=O)OC(=O)C2C1)(OC)OC. The molecule has 1 aliphatic carbocycles. The molecule has 1 aliphatic heterocycles. The second kappa shape index (κ2) is 13.3. The van der Waals surface area contributed by atoms with Crippen molar-refractivity contribution >= 4 is 44.4 Å². The Morgan fingerprint density at radius 2 is 1.62 bits per heavy atom. The fourth-order valence-corrected chi connectivity index (χ4v) is 6.71. The van der Waals surface area contributed by atoms with Crippen molar-refractivity contribution in [2.75, 3.05) is 46.0 Å². The number of carbonyl (C=O) groups is 4. The summed E-state index contributed by atoms with van der Waals surface area (Å²) in [6, 6.07) is 0.708. The Hall–Kier alpha value is -1.47. The van der Waals surface area contributed by atoms with Crippen molar-refractivity contribution < 1.29 is 46.7 Å². The van der Waals surface area contributed by atoms with Gasteiger partial charge in [0.2, 0.25) is 0 Å². The van der Waals surface area contributed by atoms with Gasteiger partial charge in [-0.15, -0.1) is 0 Å². The van der Waals surface area contributed by atoms with Crippen molar-refractivity contribution in [3.63, 3.8) is 0 Å². The quantitative estimate of drug-likeness (QED) is 0.115. The predicted molar refractivity (Wildman–Crippen MR) is 115 cm³/mol. The number of fused-ring (bicyclic) bond motifs is 1. The second-order valence-corrected chi connectivity index (χ2v) is 11.9. The summed E-state index contributed by atoms with van der Waals surface area (Å²) in [6.07, 6.45) is 2.29. The monoisotopic (exact) mass is 492 g/mol. The molecule has 32 heavy (non-hydrogen) atoms. The van der Waals surface area contributed by atoms with Gasteiger partial charge in [0, 0.05) is 33.1 Å². The first-order valence-corrected chi connectivity index (χ1v) is 13.8. The van der Waals surface area contributed by atoms with Crippen LogP contribution in [0.15, 0.2) is 0 Å². The maximum Gasteiger partial charge on any atom is 0.500 e. The molecule has 2 fully saturated rings. The molecule has 12 heteroatoms. The van der Waals surface area contributed by atoms with Gasteiger partial charge < -0.3 is 27.5 Å². The Kier molecular flexibility index (Phi) is 11.1. The second-order valence-electron chi connectivity index (χ2n) is 7.61. The Balaban J connectivity index is 1.51. The van der Waals surface area contributed by atoms with Crippen molar-refractivity contribution in [3.05, 3.63) is 0 Å².